The lowest BCUT2D eigenvalue weighted by Crippen LogP contribution is -2.24. The van der Waals surface area contributed by atoms with Crippen LogP contribution in [0.3, 0.4) is 0 Å². The van der Waals surface area contributed by atoms with Gasteiger partial charge in [0.05, 0.1) is 35.0 Å². The average Bonchev–Trinajstić information content (AvgIpc) is 3.62. The highest BCUT2D eigenvalue weighted by Gasteiger charge is 2.21. The maximum Gasteiger partial charge on any atom is 0.227 e. The fourth-order valence-corrected chi connectivity index (χ4v) is 5.47. The minimum atomic E-state index is 0.0762. The molecule has 1 fully saturated rings. The van der Waals surface area contributed by atoms with Crippen LogP contribution in [0, 0.1) is 5.92 Å². The van der Waals surface area contributed by atoms with Crippen LogP contribution in [-0.2, 0) is 4.79 Å². The number of rotatable bonds is 5. The number of aromatic nitrogens is 7. The number of carbonyl (C=O) groups is 1. The summed E-state index contributed by atoms with van der Waals surface area (Å²) in [5.41, 5.74) is 7.56. The average molecular weight is 515 g/mol. The molecule has 9 heteroatoms. The van der Waals surface area contributed by atoms with Crippen molar-refractivity contribution in [2.24, 2.45) is 5.92 Å². The van der Waals surface area contributed by atoms with Crippen molar-refractivity contribution in [1.29, 1.82) is 0 Å². The highest BCUT2D eigenvalue weighted by Crippen LogP contribution is 2.34. The molecule has 39 heavy (non-hydrogen) atoms. The molecule has 0 radical (unpaired) electrons. The number of anilines is 1. The van der Waals surface area contributed by atoms with Crippen molar-refractivity contribution in [3.05, 3.63) is 73.6 Å². The fourth-order valence-electron chi connectivity index (χ4n) is 5.47. The Bertz CT molecular complexity index is 1800. The molecule has 0 aliphatic heterocycles. The van der Waals surface area contributed by atoms with E-state index in [1.165, 1.54) is 6.42 Å². The zero-order valence-corrected chi connectivity index (χ0v) is 21.2. The number of hydrogen-bond donors (Lipinski definition) is 3. The number of pyridine rings is 4. The molecule has 9 nitrogen and oxygen atoms in total. The summed E-state index contributed by atoms with van der Waals surface area (Å²) in [4.78, 5) is 34.0. The number of carbonyl (C=O) groups excluding carboxylic acids is 1. The van der Waals surface area contributed by atoms with Crippen LogP contribution in [0.25, 0.3) is 55.7 Å². The molecule has 0 unspecified atom stereocenters. The number of nitrogens with zero attached hydrogens (tertiary/aromatic N) is 5. The van der Waals surface area contributed by atoms with Gasteiger partial charge in [0, 0.05) is 52.6 Å². The van der Waals surface area contributed by atoms with Crippen molar-refractivity contribution in [3.63, 3.8) is 0 Å². The van der Waals surface area contributed by atoms with E-state index in [2.05, 4.69) is 46.5 Å². The van der Waals surface area contributed by atoms with Gasteiger partial charge < -0.3 is 10.3 Å². The van der Waals surface area contributed by atoms with Crippen molar-refractivity contribution in [1.82, 2.24) is 35.1 Å². The summed E-state index contributed by atoms with van der Waals surface area (Å²) in [6.07, 6.45) is 16.0. The molecule has 7 rings (SSSR count). The normalized spacial score (nSPS) is 14.2. The Morgan fingerprint density at radius 1 is 0.872 bits per heavy atom. The number of H-pyrrole nitrogens is 2. The van der Waals surface area contributed by atoms with E-state index in [0.717, 1.165) is 81.4 Å². The van der Waals surface area contributed by atoms with Crippen LogP contribution in [0.1, 0.15) is 32.1 Å². The second kappa shape index (κ2) is 9.75. The molecule has 6 heterocycles. The number of fused-ring (bicyclic) bond motifs is 2. The van der Waals surface area contributed by atoms with Gasteiger partial charge in [-0.25, -0.2) is 4.98 Å². The van der Waals surface area contributed by atoms with Crippen LogP contribution in [0.5, 0.6) is 0 Å². The molecule has 1 aliphatic carbocycles. The fraction of sp³-hybridized carbons (Fsp3) is 0.200. The zero-order chi connectivity index (χ0) is 26.2. The summed E-state index contributed by atoms with van der Waals surface area (Å²) >= 11 is 0. The van der Waals surface area contributed by atoms with Gasteiger partial charge in [-0.2, -0.15) is 5.10 Å². The van der Waals surface area contributed by atoms with E-state index in [-0.39, 0.29) is 11.8 Å². The molecule has 1 amide bonds. The van der Waals surface area contributed by atoms with Crippen molar-refractivity contribution >= 4 is 33.5 Å². The summed E-state index contributed by atoms with van der Waals surface area (Å²) in [6.45, 7) is 0. The summed E-state index contributed by atoms with van der Waals surface area (Å²) in [6, 6.07) is 12.0. The second-order valence-corrected chi connectivity index (χ2v) is 10.0. The van der Waals surface area contributed by atoms with Crippen LogP contribution in [0.4, 0.5) is 5.69 Å². The maximum atomic E-state index is 12.8. The van der Waals surface area contributed by atoms with Crippen molar-refractivity contribution < 1.29 is 4.79 Å². The molecule has 192 valence electrons. The predicted molar refractivity (Wildman–Crippen MR) is 151 cm³/mol. The van der Waals surface area contributed by atoms with E-state index in [0.29, 0.717) is 5.69 Å². The smallest absolute Gasteiger partial charge is 0.227 e. The minimum absolute atomic E-state index is 0.0762. The Hall–Kier alpha value is -4.92. The van der Waals surface area contributed by atoms with Gasteiger partial charge in [0.15, 0.2) is 0 Å². The molecule has 0 atom stereocenters. The lowest BCUT2D eigenvalue weighted by atomic mass is 9.88. The van der Waals surface area contributed by atoms with Crippen molar-refractivity contribution in [3.8, 4) is 33.8 Å². The summed E-state index contributed by atoms with van der Waals surface area (Å²) in [5, 5.41) is 12.7. The molecule has 0 spiro atoms. The van der Waals surface area contributed by atoms with E-state index in [4.69, 9.17) is 0 Å². The zero-order valence-electron chi connectivity index (χ0n) is 21.2. The van der Waals surface area contributed by atoms with Gasteiger partial charge in [-0.15, -0.1) is 0 Å². The number of nitrogens with one attached hydrogen (secondary N) is 3. The Kier molecular flexibility index (Phi) is 5.81. The van der Waals surface area contributed by atoms with Crippen LogP contribution < -0.4 is 5.32 Å². The van der Waals surface area contributed by atoms with E-state index in [1.807, 2.05) is 36.5 Å². The van der Waals surface area contributed by atoms with Gasteiger partial charge in [-0.3, -0.25) is 24.8 Å². The van der Waals surface area contributed by atoms with Crippen molar-refractivity contribution in [2.75, 3.05) is 5.32 Å². The molecule has 1 saturated carbocycles. The first-order chi connectivity index (χ1) is 19.2. The van der Waals surface area contributed by atoms with Gasteiger partial charge in [0.2, 0.25) is 5.91 Å². The van der Waals surface area contributed by atoms with E-state index in [1.54, 1.807) is 31.0 Å². The third kappa shape index (κ3) is 4.41. The first kappa shape index (κ1) is 23.2. The Morgan fingerprint density at radius 2 is 1.77 bits per heavy atom. The molecule has 6 aromatic rings. The number of hydrogen-bond acceptors (Lipinski definition) is 6. The minimum Gasteiger partial charge on any atom is -0.338 e. The lowest BCUT2D eigenvalue weighted by molar-refractivity contribution is -0.120. The first-order valence-electron chi connectivity index (χ1n) is 13.2. The van der Waals surface area contributed by atoms with Crippen LogP contribution in [-0.4, -0.2) is 41.0 Å². The third-order valence-corrected chi connectivity index (χ3v) is 7.48. The number of amides is 1. The maximum absolute atomic E-state index is 12.8. The standard InChI is InChI=1S/C30H26N8O/c39-30(18-5-2-1-3-6-18)35-21-11-20(15-32-16-21)25-13-24-27(17-34-25)37-38-28(24)26-12-23-22(8-10-33-29(23)36-26)19-7-4-9-31-14-19/h4,7-18H,1-3,5-6H2,(H,33,36)(H,35,39)(H,37,38). The molecule has 0 bridgehead atoms. The topological polar surface area (TPSA) is 125 Å². The Morgan fingerprint density at radius 3 is 2.64 bits per heavy atom. The summed E-state index contributed by atoms with van der Waals surface area (Å²) in [5.74, 6) is 0.155. The Labute approximate surface area is 224 Å². The lowest BCUT2D eigenvalue weighted by Gasteiger charge is -2.20. The van der Waals surface area contributed by atoms with Crippen molar-refractivity contribution in [2.45, 2.75) is 32.1 Å². The highest BCUT2D eigenvalue weighted by atomic mass is 16.1. The molecule has 3 N–H and O–H groups in total. The van der Waals surface area contributed by atoms with Crippen LogP contribution in [0.15, 0.2) is 73.6 Å². The van der Waals surface area contributed by atoms with E-state index in [9.17, 15) is 4.79 Å². The number of aromatic amines is 2. The molecule has 1 aliphatic rings. The van der Waals surface area contributed by atoms with Gasteiger partial charge in [-0.1, -0.05) is 25.3 Å². The highest BCUT2D eigenvalue weighted by molar-refractivity contribution is 6.00. The monoisotopic (exact) mass is 514 g/mol. The quantitative estimate of drug-likeness (QED) is 0.254. The molecular formula is C30H26N8O. The van der Waals surface area contributed by atoms with Gasteiger partial charge in [-0.05, 0) is 48.7 Å². The SMILES string of the molecule is O=C(Nc1cncc(-c2cc3c(-c4cc5c(-c6cccnc6)ccnc5[nH]4)n[nH]c3cn2)c1)C1CCCCC1. The van der Waals surface area contributed by atoms with E-state index >= 15 is 0 Å². The second-order valence-electron chi connectivity index (χ2n) is 10.0. The van der Waals surface area contributed by atoms with Crippen LogP contribution >= 0.6 is 0 Å². The largest absolute Gasteiger partial charge is 0.338 e. The molecule has 6 aromatic heterocycles. The summed E-state index contributed by atoms with van der Waals surface area (Å²) in [7, 11) is 0. The first-order valence-corrected chi connectivity index (χ1v) is 13.2. The molecule has 0 aromatic carbocycles. The van der Waals surface area contributed by atoms with Gasteiger partial charge in [0.1, 0.15) is 11.3 Å². The van der Waals surface area contributed by atoms with Gasteiger partial charge in [0.25, 0.3) is 0 Å². The molecule has 0 saturated heterocycles. The third-order valence-electron chi connectivity index (χ3n) is 7.48. The van der Waals surface area contributed by atoms with E-state index < -0.39 is 0 Å². The van der Waals surface area contributed by atoms with Gasteiger partial charge >= 0.3 is 0 Å². The molecular weight excluding hydrogens is 488 g/mol. The van der Waals surface area contributed by atoms with Crippen LogP contribution in [0.2, 0.25) is 0 Å². The summed E-state index contributed by atoms with van der Waals surface area (Å²) < 4.78 is 0. The Balaban J connectivity index is 1.23. The predicted octanol–water partition coefficient (Wildman–Crippen LogP) is 6.14.